The van der Waals surface area contributed by atoms with Gasteiger partial charge in [-0.25, -0.2) is 4.98 Å². The Kier molecular flexibility index (Phi) is 5.86. The molecule has 0 amide bonds. The molecule has 7 heteroatoms. The van der Waals surface area contributed by atoms with Crippen LogP contribution in [0.2, 0.25) is 0 Å². The highest BCUT2D eigenvalue weighted by Crippen LogP contribution is 2.36. The molecule has 194 valence electrons. The Bertz CT molecular complexity index is 1730. The van der Waals surface area contributed by atoms with Gasteiger partial charge in [-0.1, -0.05) is 29.8 Å². The second-order valence-electron chi connectivity index (χ2n) is 10.6. The first kappa shape index (κ1) is 23.6. The Labute approximate surface area is 227 Å². The van der Waals surface area contributed by atoms with Crippen molar-refractivity contribution in [3.05, 3.63) is 101 Å². The van der Waals surface area contributed by atoms with Gasteiger partial charge in [0.15, 0.2) is 11.6 Å². The smallest absolute Gasteiger partial charge is 0.161 e. The zero-order valence-electron chi connectivity index (χ0n) is 22.3. The number of aromatic amines is 2. The van der Waals surface area contributed by atoms with E-state index in [1.165, 1.54) is 53.7 Å². The van der Waals surface area contributed by atoms with Crippen molar-refractivity contribution in [2.75, 3.05) is 18.4 Å². The average molecular weight is 514 g/mol. The molecule has 7 nitrogen and oxygen atoms in total. The van der Waals surface area contributed by atoms with E-state index in [0.717, 1.165) is 51.6 Å². The van der Waals surface area contributed by atoms with Crippen molar-refractivity contribution in [3.8, 4) is 22.6 Å². The Morgan fingerprint density at radius 1 is 1.00 bits per heavy atom. The molecule has 3 aromatic heterocycles. The normalized spacial score (nSPS) is 15.3. The SMILES string of the molecule is Cc1cc(CN2CCCC2)cc(-c2cc3c(-c4nc5c([nH]4)C(c4cccnc4)=CC=CN5)n[nH]c3cc2C)c1. The predicted octanol–water partition coefficient (Wildman–Crippen LogP) is 6.60. The minimum absolute atomic E-state index is 0.720. The molecule has 0 bridgehead atoms. The number of nitrogens with one attached hydrogen (secondary N) is 3. The summed E-state index contributed by atoms with van der Waals surface area (Å²) >= 11 is 0. The van der Waals surface area contributed by atoms with Crippen LogP contribution in [-0.4, -0.2) is 43.1 Å². The summed E-state index contributed by atoms with van der Waals surface area (Å²) < 4.78 is 0. The van der Waals surface area contributed by atoms with E-state index in [2.05, 4.69) is 81.6 Å². The highest BCUT2D eigenvalue weighted by molar-refractivity contribution is 5.96. The summed E-state index contributed by atoms with van der Waals surface area (Å²) in [6.07, 6.45) is 12.2. The Morgan fingerprint density at radius 2 is 1.90 bits per heavy atom. The molecule has 1 saturated heterocycles. The number of rotatable bonds is 5. The van der Waals surface area contributed by atoms with Crippen molar-refractivity contribution >= 4 is 22.3 Å². The fourth-order valence-electron chi connectivity index (χ4n) is 5.87. The van der Waals surface area contributed by atoms with Gasteiger partial charge in [0.1, 0.15) is 5.69 Å². The standard InChI is InChI=1S/C32H31N7/c1-20-13-22(19-39-11-3-4-12-39)16-24(14-20)26-17-27-28(15-21(26)2)37-38-30(27)32-35-29-25(23-7-5-9-33-18-23)8-6-10-34-31(29)36-32/h5-10,13-18,34H,3-4,11-12,19H2,1-2H3,(H,35,36)(H,37,38). The van der Waals surface area contributed by atoms with E-state index in [4.69, 9.17) is 10.1 Å². The molecule has 2 aromatic carbocycles. The van der Waals surface area contributed by atoms with Gasteiger partial charge in [0.2, 0.25) is 0 Å². The third-order valence-corrected chi connectivity index (χ3v) is 7.71. The molecule has 3 N–H and O–H groups in total. The maximum Gasteiger partial charge on any atom is 0.161 e. The number of H-pyrrole nitrogens is 2. The fraction of sp³-hybridized carbons (Fsp3) is 0.219. The summed E-state index contributed by atoms with van der Waals surface area (Å²) in [6.45, 7) is 7.77. The highest BCUT2D eigenvalue weighted by Gasteiger charge is 2.21. The van der Waals surface area contributed by atoms with E-state index in [0.29, 0.717) is 0 Å². The number of benzene rings is 2. The molecule has 5 aromatic rings. The molecule has 7 rings (SSSR count). The zero-order chi connectivity index (χ0) is 26.3. The third-order valence-electron chi connectivity index (χ3n) is 7.71. The summed E-state index contributed by atoms with van der Waals surface area (Å²) in [5.41, 5.74) is 11.1. The van der Waals surface area contributed by atoms with Crippen LogP contribution < -0.4 is 5.32 Å². The quantitative estimate of drug-likeness (QED) is 0.247. The van der Waals surface area contributed by atoms with Crippen LogP contribution in [0.1, 0.15) is 40.8 Å². The zero-order valence-corrected chi connectivity index (χ0v) is 22.3. The first-order valence-electron chi connectivity index (χ1n) is 13.6. The summed E-state index contributed by atoms with van der Waals surface area (Å²) in [5.74, 6) is 1.49. The number of allylic oxidation sites excluding steroid dienone is 2. The Hall–Kier alpha value is -4.49. The van der Waals surface area contributed by atoms with Crippen molar-refractivity contribution in [1.82, 2.24) is 30.0 Å². The van der Waals surface area contributed by atoms with Crippen LogP contribution in [0.25, 0.3) is 39.1 Å². The lowest BCUT2D eigenvalue weighted by Gasteiger charge is -2.17. The van der Waals surface area contributed by atoms with Crippen molar-refractivity contribution in [2.45, 2.75) is 33.2 Å². The summed E-state index contributed by atoms with van der Waals surface area (Å²) in [7, 11) is 0. The minimum Gasteiger partial charge on any atom is -0.345 e. The summed E-state index contributed by atoms with van der Waals surface area (Å²) in [5, 5.41) is 12.3. The van der Waals surface area contributed by atoms with Crippen LogP contribution in [0.3, 0.4) is 0 Å². The van der Waals surface area contributed by atoms with Crippen LogP contribution >= 0.6 is 0 Å². The molecule has 0 atom stereocenters. The van der Waals surface area contributed by atoms with Gasteiger partial charge in [0.05, 0.1) is 11.2 Å². The molecular formula is C32H31N7. The topological polar surface area (TPSA) is 85.5 Å². The number of likely N-dealkylation sites (tertiary alicyclic amines) is 1. The van der Waals surface area contributed by atoms with Gasteiger partial charge in [0.25, 0.3) is 0 Å². The summed E-state index contributed by atoms with van der Waals surface area (Å²) in [4.78, 5) is 15.3. The first-order valence-corrected chi connectivity index (χ1v) is 13.6. The number of hydrogen-bond acceptors (Lipinski definition) is 5. The van der Waals surface area contributed by atoms with Crippen LogP contribution in [0.15, 0.2) is 73.2 Å². The van der Waals surface area contributed by atoms with Gasteiger partial charge in [-0.2, -0.15) is 5.10 Å². The van der Waals surface area contributed by atoms with Crippen LogP contribution in [0.5, 0.6) is 0 Å². The highest BCUT2D eigenvalue weighted by atomic mass is 15.2. The van der Waals surface area contributed by atoms with Crippen LogP contribution in [0, 0.1) is 13.8 Å². The number of aromatic nitrogens is 5. The van der Waals surface area contributed by atoms with Gasteiger partial charge in [0, 0.05) is 41.7 Å². The van der Waals surface area contributed by atoms with E-state index in [1.54, 1.807) is 6.20 Å². The second kappa shape index (κ2) is 9.67. The maximum absolute atomic E-state index is 4.92. The van der Waals surface area contributed by atoms with E-state index < -0.39 is 0 Å². The first-order chi connectivity index (χ1) is 19.1. The lowest BCUT2D eigenvalue weighted by Crippen LogP contribution is -2.18. The molecule has 0 aliphatic carbocycles. The molecular weight excluding hydrogens is 482 g/mol. The average Bonchev–Trinajstić information content (AvgIpc) is 3.66. The number of hydrogen-bond donors (Lipinski definition) is 3. The Balaban J connectivity index is 1.30. The monoisotopic (exact) mass is 513 g/mol. The largest absolute Gasteiger partial charge is 0.345 e. The molecule has 0 saturated carbocycles. The van der Waals surface area contributed by atoms with E-state index >= 15 is 0 Å². The number of nitrogens with zero attached hydrogens (tertiary/aromatic N) is 4. The molecule has 5 heterocycles. The van der Waals surface area contributed by atoms with Gasteiger partial charge in [-0.3, -0.25) is 15.0 Å². The van der Waals surface area contributed by atoms with Gasteiger partial charge in [-0.15, -0.1) is 0 Å². The third kappa shape index (κ3) is 4.45. The number of fused-ring (bicyclic) bond motifs is 2. The maximum atomic E-state index is 4.92. The molecule has 0 unspecified atom stereocenters. The van der Waals surface area contributed by atoms with E-state index in [9.17, 15) is 0 Å². The van der Waals surface area contributed by atoms with Crippen molar-refractivity contribution in [3.63, 3.8) is 0 Å². The van der Waals surface area contributed by atoms with E-state index in [1.807, 2.05) is 24.5 Å². The van der Waals surface area contributed by atoms with Gasteiger partial charge >= 0.3 is 0 Å². The summed E-state index contributed by atoms with van der Waals surface area (Å²) in [6, 6.07) is 15.4. The number of imidazole rings is 1. The van der Waals surface area contributed by atoms with Crippen molar-refractivity contribution in [1.29, 1.82) is 0 Å². The molecule has 2 aliphatic heterocycles. The molecule has 0 spiro atoms. The molecule has 39 heavy (non-hydrogen) atoms. The number of anilines is 1. The second-order valence-corrected chi connectivity index (χ2v) is 10.6. The minimum atomic E-state index is 0.720. The van der Waals surface area contributed by atoms with E-state index in [-0.39, 0.29) is 0 Å². The van der Waals surface area contributed by atoms with Crippen LogP contribution in [0.4, 0.5) is 5.82 Å². The van der Waals surface area contributed by atoms with Crippen molar-refractivity contribution < 1.29 is 0 Å². The van der Waals surface area contributed by atoms with Gasteiger partial charge in [-0.05, 0) is 92.4 Å². The van der Waals surface area contributed by atoms with Crippen molar-refractivity contribution in [2.24, 2.45) is 0 Å². The molecule has 0 radical (unpaired) electrons. The van der Waals surface area contributed by atoms with Gasteiger partial charge < -0.3 is 10.3 Å². The fourth-order valence-corrected chi connectivity index (χ4v) is 5.87. The molecule has 2 aliphatic rings. The van der Waals surface area contributed by atoms with Crippen LogP contribution in [-0.2, 0) is 6.54 Å². The molecule has 1 fully saturated rings. The Morgan fingerprint density at radius 3 is 2.74 bits per heavy atom. The predicted molar refractivity (Wildman–Crippen MR) is 157 cm³/mol. The number of aryl methyl sites for hydroxylation is 2. The lowest BCUT2D eigenvalue weighted by molar-refractivity contribution is 0.331. The number of pyridine rings is 1. The lowest BCUT2D eigenvalue weighted by atomic mass is 9.95.